The van der Waals surface area contributed by atoms with Gasteiger partial charge in [0.05, 0.1) is 14.4 Å². The Hall–Kier alpha value is -0.940. The topological polar surface area (TPSA) is 37.8 Å². The molecule has 5 heteroatoms. The fraction of sp³-hybridized carbons (Fsp3) is 0.200. The van der Waals surface area contributed by atoms with Gasteiger partial charge in [-0.15, -0.1) is 11.3 Å². The predicted octanol–water partition coefficient (Wildman–Crippen LogP) is 3.32. The van der Waals surface area contributed by atoms with Crippen molar-refractivity contribution in [1.82, 2.24) is 9.97 Å². The minimum Gasteiger partial charge on any atom is -0.373 e. The van der Waals surface area contributed by atoms with Gasteiger partial charge in [-0.25, -0.2) is 9.97 Å². The first kappa shape index (κ1) is 10.6. The lowest BCUT2D eigenvalue weighted by molar-refractivity contribution is 1.06. The van der Waals surface area contributed by atoms with Crippen LogP contribution in [-0.2, 0) is 0 Å². The number of hydrogen-bond acceptors (Lipinski definition) is 4. The van der Waals surface area contributed by atoms with E-state index in [2.05, 4.69) is 37.3 Å². The van der Waals surface area contributed by atoms with Gasteiger partial charge in [-0.1, -0.05) is 0 Å². The number of anilines is 1. The van der Waals surface area contributed by atoms with Crippen molar-refractivity contribution >= 4 is 33.1 Å². The third kappa shape index (κ3) is 2.35. The molecule has 0 aliphatic heterocycles. The first-order valence-corrected chi connectivity index (χ1v) is 6.09. The summed E-state index contributed by atoms with van der Waals surface area (Å²) < 4.78 is 1.11. The maximum absolute atomic E-state index is 4.40. The van der Waals surface area contributed by atoms with Crippen LogP contribution in [0.4, 0.5) is 5.82 Å². The van der Waals surface area contributed by atoms with Crippen molar-refractivity contribution in [2.75, 3.05) is 12.4 Å². The molecular formula is C10H10BrN3S. The van der Waals surface area contributed by atoms with Crippen molar-refractivity contribution in [3.05, 3.63) is 27.8 Å². The quantitative estimate of drug-likeness (QED) is 0.919. The summed E-state index contributed by atoms with van der Waals surface area (Å²) in [7, 11) is 1.86. The first-order chi connectivity index (χ1) is 7.19. The van der Waals surface area contributed by atoms with Crippen LogP contribution in [0.15, 0.2) is 22.0 Å². The Morgan fingerprint density at radius 1 is 1.33 bits per heavy atom. The molecule has 0 unspecified atom stereocenters. The average molecular weight is 284 g/mol. The average Bonchev–Trinajstić information content (AvgIpc) is 2.64. The van der Waals surface area contributed by atoms with Crippen molar-refractivity contribution in [3.63, 3.8) is 0 Å². The van der Waals surface area contributed by atoms with E-state index >= 15 is 0 Å². The van der Waals surface area contributed by atoms with Gasteiger partial charge in [-0.2, -0.15) is 0 Å². The Bertz CT molecular complexity index is 481. The third-order valence-electron chi connectivity index (χ3n) is 1.92. The number of aryl methyl sites for hydroxylation is 1. The molecule has 3 nitrogen and oxygen atoms in total. The Morgan fingerprint density at radius 2 is 2.13 bits per heavy atom. The Morgan fingerprint density at radius 3 is 2.73 bits per heavy atom. The minimum absolute atomic E-state index is 0.779. The minimum atomic E-state index is 0.779. The lowest BCUT2D eigenvalue weighted by Crippen LogP contribution is -1.97. The molecule has 0 saturated carbocycles. The lowest BCUT2D eigenvalue weighted by atomic mass is 10.3. The molecule has 0 atom stereocenters. The molecule has 0 radical (unpaired) electrons. The molecule has 0 bridgehead atoms. The van der Waals surface area contributed by atoms with Gasteiger partial charge >= 0.3 is 0 Å². The molecule has 15 heavy (non-hydrogen) atoms. The van der Waals surface area contributed by atoms with Crippen LogP contribution in [0, 0.1) is 6.92 Å². The van der Waals surface area contributed by atoms with E-state index in [1.165, 1.54) is 0 Å². The monoisotopic (exact) mass is 283 g/mol. The van der Waals surface area contributed by atoms with Crippen LogP contribution in [0.5, 0.6) is 0 Å². The van der Waals surface area contributed by atoms with Gasteiger partial charge in [-0.05, 0) is 35.0 Å². The number of nitrogens with zero attached hydrogens (tertiary/aromatic N) is 2. The van der Waals surface area contributed by atoms with Crippen LogP contribution in [0.3, 0.4) is 0 Å². The van der Waals surface area contributed by atoms with Crippen LogP contribution in [0.25, 0.3) is 10.6 Å². The fourth-order valence-corrected chi connectivity index (χ4v) is 2.62. The molecule has 0 spiro atoms. The van der Waals surface area contributed by atoms with Crippen LogP contribution < -0.4 is 5.32 Å². The summed E-state index contributed by atoms with van der Waals surface area (Å²) in [5, 5.41) is 3.03. The fourth-order valence-electron chi connectivity index (χ4n) is 1.27. The van der Waals surface area contributed by atoms with Gasteiger partial charge in [0.15, 0.2) is 0 Å². The number of hydrogen-bond donors (Lipinski definition) is 1. The molecule has 0 saturated heterocycles. The number of halogens is 1. The van der Waals surface area contributed by atoms with E-state index in [0.717, 1.165) is 26.0 Å². The second-order valence-corrected chi connectivity index (χ2v) is 5.50. The van der Waals surface area contributed by atoms with E-state index < -0.39 is 0 Å². The van der Waals surface area contributed by atoms with E-state index in [0.29, 0.717) is 0 Å². The Balaban J connectivity index is 2.48. The summed E-state index contributed by atoms with van der Waals surface area (Å²) in [4.78, 5) is 9.80. The zero-order valence-corrected chi connectivity index (χ0v) is 10.8. The van der Waals surface area contributed by atoms with E-state index in [1.54, 1.807) is 11.3 Å². The number of aromatic nitrogens is 2. The summed E-state index contributed by atoms with van der Waals surface area (Å²) in [6, 6.07) is 6.03. The van der Waals surface area contributed by atoms with Crippen LogP contribution in [-0.4, -0.2) is 17.0 Å². The van der Waals surface area contributed by atoms with Crippen LogP contribution in [0.2, 0.25) is 0 Å². The molecule has 1 N–H and O–H groups in total. The Kier molecular flexibility index (Phi) is 3.02. The highest BCUT2D eigenvalue weighted by Gasteiger charge is 2.05. The zero-order chi connectivity index (χ0) is 10.8. The van der Waals surface area contributed by atoms with Crippen molar-refractivity contribution in [2.24, 2.45) is 0 Å². The van der Waals surface area contributed by atoms with Gasteiger partial charge in [0.2, 0.25) is 0 Å². The maximum Gasteiger partial charge on any atom is 0.130 e. The predicted molar refractivity (Wildman–Crippen MR) is 67.3 cm³/mol. The molecule has 0 aliphatic carbocycles. The van der Waals surface area contributed by atoms with E-state index in [9.17, 15) is 0 Å². The molecule has 2 rings (SSSR count). The smallest absolute Gasteiger partial charge is 0.130 e. The highest BCUT2D eigenvalue weighted by Crippen LogP contribution is 2.30. The molecular weight excluding hydrogens is 274 g/mol. The molecule has 0 amide bonds. The summed E-state index contributed by atoms with van der Waals surface area (Å²) in [6.07, 6.45) is 0. The molecule has 2 aromatic heterocycles. The standard InChI is InChI=1S/C10H10BrN3S/c1-6-13-7(5-10(12-2)14-6)8-3-4-9(11)15-8/h3-5H,1-2H3,(H,12,13,14). The third-order valence-corrected chi connectivity index (χ3v) is 3.57. The molecule has 0 fully saturated rings. The zero-order valence-electron chi connectivity index (χ0n) is 8.41. The second kappa shape index (κ2) is 4.28. The molecule has 0 aromatic carbocycles. The summed E-state index contributed by atoms with van der Waals surface area (Å²) in [6.45, 7) is 1.90. The maximum atomic E-state index is 4.40. The van der Waals surface area contributed by atoms with Gasteiger partial charge in [0.1, 0.15) is 11.6 Å². The first-order valence-electron chi connectivity index (χ1n) is 4.48. The molecule has 78 valence electrons. The number of thiophene rings is 1. The Labute approximate surface area is 101 Å². The second-order valence-electron chi connectivity index (χ2n) is 3.04. The van der Waals surface area contributed by atoms with Crippen LogP contribution >= 0.6 is 27.3 Å². The number of rotatable bonds is 2. The SMILES string of the molecule is CNc1cc(-c2ccc(Br)s2)nc(C)n1. The van der Waals surface area contributed by atoms with E-state index in [-0.39, 0.29) is 0 Å². The molecule has 2 aromatic rings. The van der Waals surface area contributed by atoms with E-state index in [4.69, 9.17) is 0 Å². The summed E-state index contributed by atoms with van der Waals surface area (Å²) in [5.74, 6) is 1.63. The normalized spacial score (nSPS) is 10.3. The summed E-state index contributed by atoms with van der Waals surface area (Å²) >= 11 is 5.11. The molecule has 2 heterocycles. The van der Waals surface area contributed by atoms with Crippen molar-refractivity contribution < 1.29 is 0 Å². The van der Waals surface area contributed by atoms with Gasteiger partial charge in [0.25, 0.3) is 0 Å². The van der Waals surface area contributed by atoms with Gasteiger partial charge in [0, 0.05) is 13.1 Å². The molecule has 0 aliphatic rings. The van der Waals surface area contributed by atoms with Gasteiger partial charge in [-0.3, -0.25) is 0 Å². The highest BCUT2D eigenvalue weighted by atomic mass is 79.9. The van der Waals surface area contributed by atoms with Gasteiger partial charge < -0.3 is 5.32 Å². The van der Waals surface area contributed by atoms with Crippen molar-refractivity contribution in [3.8, 4) is 10.6 Å². The lowest BCUT2D eigenvalue weighted by Gasteiger charge is -2.03. The summed E-state index contributed by atoms with van der Waals surface area (Å²) in [5.41, 5.74) is 0.961. The van der Waals surface area contributed by atoms with E-state index in [1.807, 2.05) is 26.1 Å². The van der Waals surface area contributed by atoms with Crippen LogP contribution in [0.1, 0.15) is 5.82 Å². The number of nitrogens with one attached hydrogen (secondary N) is 1. The highest BCUT2D eigenvalue weighted by molar-refractivity contribution is 9.11. The van der Waals surface area contributed by atoms with Crippen molar-refractivity contribution in [1.29, 1.82) is 0 Å². The largest absolute Gasteiger partial charge is 0.373 e. The van der Waals surface area contributed by atoms with Crippen molar-refractivity contribution in [2.45, 2.75) is 6.92 Å².